The van der Waals surface area contributed by atoms with Crippen LogP contribution in [0, 0.1) is 11.3 Å². The average molecular weight is 240 g/mol. The van der Waals surface area contributed by atoms with Crippen molar-refractivity contribution in [3.8, 4) is 28.7 Å². The van der Waals surface area contributed by atoms with E-state index in [4.69, 9.17) is 14.7 Å². The van der Waals surface area contributed by atoms with Gasteiger partial charge in [-0.2, -0.15) is 5.26 Å². The molecule has 0 atom stereocenters. The Bertz CT molecular complexity index is 638. The molecule has 1 aromatic carbocycles. The maximum absolute atomic E-state index is 8.96. The zero-order valence-electron chi connectivity index (χ0n) is 10.0. The monoisotopic (exact) mass is 240 g/mol. The lowest BCUT2D eigenvalue weighted by atomic mass is 10.1. The Labute approximate surface area is 105 Å². The van der Waals surface area contributed by atoms with Gasteiger partial charge in [-0.1, -0.05) is 6.07 Å². The van der Waals surface area contributed by atoms with E-state index in [1.807, 2.05) is 42.1 Å². The van der Waals surface area contributed by atoms with Gasteiger partial charge in [-0.3, -0.25) is 0 Å². The molecule has 0 fully saturated rings. The molecule has 0 amide bonds. The molecule has 90 valence electrons. The highest BCUT2D eigenvalue weighted by Crippen LogP contribution is 2.34. The number of hydrogen-bond donors (Lipinski definition) is 0. The molecule has 0 spiro atoms. The summed E-state index contributed by atoms with van der Waals surface area (Å²) in [6, 6.07) is 9.85. The number of aromatic nitrogens is 1. The Morgan fingerprint density at radius 3 is 2.61 bits per heavy atom. The maximum Gasteiger partial charge on any atom is 0.161 e. The second kappa shape index (κ2) is 4.11. The Kier molecular flexibility index (Phi) is 2.45. The van der Waals surface area contributed by atoms with Gasteiger partial charge in [0.15, 0.2) is 11.5 Å². The molecule has 1 aliphatic rings. The summed E-state index contributed by atoms with van der Waals surface area (Å²) in [5.41, 5.74) is 2.67. The number of benzene rings is 1. The lowest BCUT2D eigenvalue weighted by molar-refractivity contribution is 0.171. The molecular formula is C14H12N2O2. The minimum absolute atomic E-state index is 0.578. The Hall–Kier alpha value is -2.41. The van der Waals surface area contributed by atoms with Crippen LogP contribution in [0.3, 0.4) is 0 Å². The number of nitrogens with zero attached hydrogens (tertiary/aromatic N) is 2. The van der Waals surface area contributed by atoms with Crippen molar-refractivity contribution < 1.29 is 9.47 Å². The van der Waals surface area contributed by atoms with Crippen molar-refractivity contribution in [1.82, 2.24) is 4.57 Å². The van der Waals surface area contributed by atoms with Gasteiger partial charge in [0, 0.05) is 18.8 Å². The van der Waals surface area contributed by atoms with E-state index in [2.05, 4.69) is 6.07 Å². The first-order valence-electron chi connectivity index (χ1n) is 5.74. The van der Waals surface area contributed by atoms with Crippen LogP contribution in [-0.4, -0.2) is 17.8 Å². The normalized spacial score (nSPS) is 13.1. The highest BCUT2D eigenvalue weighted by molar-refractivity contribution is 5.68. The van der Waals surface area contributed by atoms with E-state index in [0.29, 0.717) is 18.9 Å². The lowest BCUT2D eigenvalue weighted by Crippen LogP contribution is -2.15. The molecule has 0 aliphatic carbocycles. The van der Waals surface area contributed by atoms with Gasteiger partial charge in [0.2, 0.25) is 0 Å². The van der Waals surface area contributed by atoms with Gasteiger partial charge < -0.3 is 14.0 Å². The molecule has 18 heavy (non-hydrogen) atoms. The fourth-order valence-electron chi connectivity index (χ4n) is 2.06. The van der Waals surface area contributed by atoms with E-state index in [0.717, 1.165) is 22.6 Å². The number of ether oxygens (including phenoxy) is 2. The minimum atomic E-state index is 0.578. The van der Waals surface area contributed by atoms with Crippen LogP contribution in [0.1, 0.15) is 5.69 Å². The van der Waals surface area contributed by atoms with Crippen LogP contribution in [-0.2, 0) is 7.05 Å². The fourth-order valence-corrected chi connectivity index (χ4v) is 2.06. The zero-order valence-corrected chi connectivity index (χ0v) is 10.0. The summed E-state index contributed by atoms with van der Waals surface area (Å²) in [6.07, 6.45) is 1.93. The zero-order chi connectivity index (χ0) is 12.5. The summed E-state index contributed by atoms with van der Waals surface area (Å²) in [4.78, 5) is 0. The average Bonchev–Trinajstić information content (AvgIpc) is 2.79. The van der Waals surface area contributed by atoms with E-state index < -0.39 is 0 Å². The van der Waals surface area contributed by atoms with Crippen molar-refractivity contribution >= 4 is 0 Å². The van der Waals surface area contributed by atoms with Crippen LogP contribution in [0.15, 0.2) is 30.5 Å². The van der Waals surface area contributed by atoms with E-state index in [-0.39, 0.29) is 0 Å². The summed E-state index contributed by atoms with van der Waals surface area (Å²) in [6.45, 7) is 1.17. The van der Waals surface area contributed by atoms with Crippen LogP contribution in [0.5, 0.6) is 11.5 Å². The first kappa shape index (κ1) is 10.7. The molecule has 0 saturated carbocycles. The predicted octanol–water partition coefficient (Wildman–Crippen LogP) is 2.33. The van der Waals surface area contributed by atoms with E-state index in [1.165, 1.54) is 0 Å². The standard InChI is InChI=1S/C14H12N2O2/c1-16-9-11(6-12(16)8-15)10-2-3-13-14(7-10)18-5-4-17-13/h2-3,6-7,9H,4-5H2,1H3. The van der Waals surface area contributed by atoms with Crippen LogP contribution in [0.4, 0.5) is 0 Å². The van der Waals surface area contributed by atoms with Crippen LogP contribution >= 0.6 is 0 Å². The minimum Gasteiger partial charge on any atom is -0.486 e. The van der Waals surface area contributed by atoms with Gasteiger partial charge in [0.1, 0.15) is 25.0 Å². The maximum atomic E-state index is 8.96. The predicted molar refractivity (Wildman–Crippen MR) is 66.6 cm³/mol. The molecule has 1 aliphatic heterocycles. The largest absolute Gasteiger partial charge is 0.486 e. The third-order valence-electron chi connectivity index (χ3n) is 3.00. The van der Waals surface area contributed by atoms with Crippen LogP contribution in [0.2, 0.25) is 0 Å². The van der Waals surface area contributed by atoms with E-state index >= 15 is 0 Å². The Balaban J connectivity index is 2.04. The topological polar surface area (TPSA) is 47.2 Å². The summed E-state index contributed by atoms with van der Waals surface area (Å²) in [5, 5.41) is 8.96. The fraction of sp³-hybridized carbons (Fsp3) is 0.214. The van der Waals surface area contributed by atoms with Crippen LogP contribution < -0.4 is 9.47 Å². The van der Waals surface area contributed by atoms with Crippen LogP contribution in [0.25, 0.3) is 11.1 Å². The summed E-state index contributed by atoms with van der Waals surface area (Å²) < 4.78 is 12.8. The van der Waals surface area contributed by atoms with E-state index in [1.54, 1.807) is 0 Å². The Morgan fingerprint density at radius 2 is 1.89 bits per heavy atom. The SMILES string of the molecule is Cn1cc(-c2ccc3c(c2)OCCO3)cc1C#N. The molecule has 0 bridgehead atoms. The van der Waals surface area contributed by atoms with Crippen molar-refractivity contribution in [2.45, 2.75) is 0 Å². The highest BCUT2D eigenvalue weighted by Gasteiger charge is 2.13. The molecule has 0 N–H and O–H groups in total. The van der Waals surface area contributed by atoms with Crippen molar-refractivity contribution in [2.75, 3.05) is 13.2 Å². The molecule has 4 heteroatoms. The number of aryl methyl sites for hydroxylation is 1. The smallest absolute Gasteiger partial charge is 0.161 e. The van der Waals surface area contributed by atoms with Gasteiger partial charge in [-0.05, 0) is 23.8 Å². The molecule has 3 rings (SSSR count). The third-order valence-corrected chi connectivity index (χ3v) is 3.00. The number of fused-ring (bicyclic) bond motifs is 1. The Morgan fingerprint density at radius 1 is 1.11 bits per heavy atom. The molecule has 4 nitrogen and oxygen atoms in total. The van der Waals surface area contributed by atoms with Crippen molar-refractivity contribution in [3.63, 3.8) is 0 Å². The van der Waals surface area contributed by atoms with Gasteiger partial charge in [-0.25, -0.2) is 0 Å². The molecule has 0 saturated heterocycles. The van der Waals surface area contributed by atoms with Gasteiger partial charge >= 0.3 is 0 Å². The van der Waals surface area contributed by atoms with Gasteiger partial charge in [0.25, 0.3) is 0 Å². The molecule has 2 aromatic rings. The first-order valence-corrected chi connectivity index (χ1v) is 5.74. The number of nitriles is 1. The first-order chi connectivity index (χ1) is 8.78. The summed E-state index contributed by atoms with van der Waals surface area (Å²) in [7, 11) is 1.86. The molecule has 0 radical (unpaired) electrons. The van der Waals surface area contributed by atoms with E-state index in [9.17, 15) is 0 Å². The summed E-state index contributed by atoms with van der Waals surface area (Å²) >= 11 is 0. The molecule has 1 aromatic heterocycles. The second-order valence-corrected chi connectivity index (χ2v) is 4.20. The molecule has 2 heterocycles. The quantitative estimate of drug-likeness (QED) is 0.768. The number of hydrogen-bond acceptors (Lipinski definition) is 3. The van der Waals surface area contributed by atoms with Crippen molar-refractivity contribution in [2.24, 2.45) is 7.05 Å². The van der Waals surface area contributed by atoms with Gasteiger partial charge in [0.05, 0.1) is 0 Å². The summed E-state index contributed by atoms with van der Waals surface area (Å²) in [5.74, 6) is 1.54. The van der Waals surface area contributed by atoms with Crippen molar-refractivity contribution in [3.05, 3.63) is 36.2 Å². The molecular weight excluding hydrogens is 228 g/mol. The van der Waals surface area contributed by atoms with Gasteiger partial charge in [-0.15, -0.1) is 0 Å². The second-order valence-electron chi connectivity index (χ2n) is 4.20. The number of rotatable bonds is 1. The van der Waals surface area contributed by atoms with Crippen molar-refractivity contribution in [1.29, 1.82) is 5.26 Å². The highest BCUT2D eigenvalue weighted by atomic mass is 16.6. The molecule has 0 unspecified atom stereocenters. The third kappa shape index (κ3) is 1.70. The lowest BCUT2D eigenvalue weighted by Gasteiger charge is -2.18.